The first-order valence-corrected chi connectivity index (χ1v) is 7.14. The fraction of sp³-hybridized carbons (Fsp3) is 0.846. The molecule has 0 saturated carbocycles. The summed E-state index contributed by atoms with van der Waals surface area (Å²) in [7, 11) is 2.14. The Labute approximate surface area is 113 Å². The lowest BCUT2D eigenvalue weighted by molar-refractivity contribution is 0.170. The minimum Gasteiger partial charge on any atom is -0.381 e. The lowest BCUT2D eigenvalue weighted by Gasteiger charge is -2.30. The molecule has 1 unspecified atom stereocenters. The lowest BCUT2D eigenvalue weighted by Crippen LogP contribution is -2.40. The van der Waals surface area contributed by atoms with Gasteiger partial charge in [0.05, 0.1) is 13.2 Å². The molecule has 3 heterocycles. The Balaban J connectivity index is 1.56. The van der Waals surface area contributed by atoms with Crippen molar-refractivity contribution in [1.29, 1.82) is 0 Å². The summed E-state index contributed by atoms with van der Waals surface area (Å²) < 4.78 is 10.7. The van der Waals surface area contributed by atoms with Crippen LogP contribution in [0, 0.1) is 0 Å². The van der Waals surface area contributed by atoms with Crippen molar-refractivity contribution in [2.45, 2.75) is 37.8 Å². The second kappa shape index (κ2) is 5.98. The molecule has 106 valence electrons. The van der Waals surface area contributed by atoms with Gasteiger partial charge < -0.3 is 14.6 Å². The molecule has 2 fully saturated rings. The van der Waals surface area contributed by atoms with Crippen molar-refractivity contribution in [1.82, 2.24) is 20.4 Å². The van der Waals surface area contributed by atoms with E-state index in [9.17, 15) is 0 Å². The van der Waals surface area contributed by atoms with Gasteiger partial charge in [-0.25, -0.2) is 0 Å². The fourth-order valence-corrected chi connectivity index (χ4v) is 2.83. The summed E-state index contributed by atoms with van der Waals surface area (Å²) in [6, 6.07) is 0.617. The molecule has 2 saturated heterocycles. The van der Waals surface area contributed by atoms with E-state index in [1.807, 2.05) is 0 Å². The zero-order valence-electron chi connectivity index (χ0n) is 11.5. The topological polar surface area (TPSA) is 63.4 Å². The van der Waals surface area contributed by atoms with Gasteiger partial charge in [-0.05, 0) is 39.4 Å². The SMILES string of the molecule is CN(Cc1nc(C2CCOC2)no1)C1CCNCC1. The van der Waals surface area contributed by atoms with Crippen LogP contribution in [0.5, 0.6) is 0 Å². The Morgan fingerprint density at radius 3 is 2.89 bits per heavy atom. The van der Waals surface area contributed by atoms with E-state index in [2.05, 4.69) is 27.4 Å². The molecule has 2 aliphatic rings. The van der Waals surface area contributed by atoms with Crippen LogP contribution in [0.3, 0.4) is 0 Å². The Morgan fingerprint density at radius 1 is 1.32 bits per heavy atom. The first-order chi connectivity index (χ1) is 9.33. The Morgan fingerprint density at radius 2 is 2.16 bits per heavy atom. The molecule has 0 aliphatic carbocycles. The molecule has 1 aromatic rings. The summed E-state index contributed by atoms with van der Waals surface area (Å²) in [6.45, 7) is 4.48. The van der Waals surface area contributed by atoms with Crippen molar-refractivity contribution in [3.63, 3.8) is 0 Å². The summed E-state index contributed by atoms with van der Waals surface area (Å²) >= 11 is 0. The maximum Gasteiger partial charge on any atom is 0.240 e. The zero-order valence-corrected chi connectivity index (χ0v) is 11.5. The molecule has 0 aromatic carbocycles. The van der Waals surface area contributed by atoms with E-state index >= 15 is 0 Å². The predicted octanol–water partition coefficient (Wildman–Crippen LogP) is 0.757. The molecule has 6 nitrogen and oxygen atoms in total. The van der Waals surface area contributed by atoms with Crippen molar-refractivity contribution >= 4 is 0 Å². The number of piperidine rings is 1. The van der Waals surface area contributed by atoms with Gasteiger partial charge >= 0.3 is 0 Å². The van der Waals surface area contributed by atoms with Gasteiger partial charge in [0.1, 0.15) is 0 Å². The van der Waals surface area contributed by atoms with Crippen molar-refractivity contribution < 1.29 is 9.26 Å². The quantitative estimate of drug-likeness (QED) is 0.868. The summed E-state index contributed by atoms with van der Waals surface area (Å²) in [4.78, 5) is 6.83. The van der Waals surface area contributed by atoms with Crippen LogP contribution in [0.25, 0.3) is 0 Å². The van der Waals surface area contributed by atoms with Crippen molar-refractivity contribution in [2.75, 3.05) is 33.4 Å². The van der Waals surface area contributed by atoms with E-state index < -0.39 is 0 Å². The fourth-order valence-electron chi connectivity index (χ4n) is 2.83. The highest BCUT2D eigenvalue weighted by Gasteiger charge is 2.24. The molecule has 0 spiro atoms. The summed E-state index contributed by atoms with van der Waals surface area (Å²) in [5.41, 5.74) is 0. The van der Waals surface area contributed by atoms with E-state index in [1.165, 1.54) is 12.8 Å². The van der Waals surface area contributed by atoms with Gasteiger partial charge in [-0.2, -0.15) is 4.98 Å². The number of nitrogens with one attached hydrogen (secondary N) is 1. The molecule has 0 amide bonds. The second-order valence-electron chi connectivity index (χ2n) is 5.50. The van der Waals surface area contributed by atoms with Crippen molar-refractivity contribution in [3.8, 4) is 0 Å². The first-order valence-electron chi connectivity index (χ1n) is 7.14. The van der Waals surface area contributed by atoms with Crippen LogP contribution >= 0.6 is 0 Å². The Kier molecular flexibility index (Phi) is 4.10. The largest absolute Gasteiger partial charge is 0.381 e. The van der Waals surface area contributed by atoms with Gasteiger partial charge in [0.15, 0.2) is 5.82 Å². The molecule has 3 rings (SSSR count). The highest BCUT2D eigenvalue weighted by atomic mass is 16.5. The minimum atomic E-state index is 0.321. The maximum atomic E-state index is 5.36. The van der Waals surface area contributed by atoms with E-state index in [0.717, 1.165) is 51.0 Å². The van der Waals surface area contributed by atoms with E-state index in [1.54, 1.807) is 0 Å². The number of ether oxygens (including phenoxy) is 1. The van der Waals surface area contributed by atoms with Crippen LogP contribution in [0.4, 0.5) is 0 Å². The molecule has 0 radical (unpaired) electrons. The second-order valence-corrected chi connectivity index (χ2v) is 5.50. The van der Waals surface area contributed by atoms with Crippen LogP contribution in [-0.2, 0) is 11.3 Å². The average Bonchev–Trinajstić information content (AvgIpc) is 3.10. The van der Waals surface area contributed by atoms with Gasteiger partial charge in [0.2, 0.25) is 5.89 Å². The number of hydrogen-bond donors (Lipinski definition) is 1. The lowest BCUT2D eigenvalue weighted by atomic mass is 10.1. The highest BCUT2D eigenvalue weighted by molar-refractivity contribution is 4.97. The van der Waals surface area contributed by atoms with Crippen molar-refractivity contribution in [3.05, 3.63) is 11.7 Å². The van der Waals surface area contributed by atoms with Crippen LogP contribution < -0.4 is 5.32 Å². The number of aromatic nitrogens is 2. The highest BCUT2D eigenvalue weighted by Crippen LogP contribution is 2.23. The Bertz CT molecular complexity index is 397. The third kappa shape index (κ3) is 3.13. The van der Waals surface area contributed by atoms with Gasteiger partial charge in [0.25, 0.3) is 0 Å². The van der Waals surface area contributed by atoms with E-state index in [0.29, 0.717) is 12.0 Å². The third-order valence-electron chi connectivity index (χ3n) is 4.10. The van der Waals surface area contributed by atoms with Gasteiger partial charge in [-0.15, -0.1) is 0 Å². The number of hydrogen-bond acceptors (Lipinski definition) is 6. The monoisotopic (exact) mass is 266 g/mol. The summed E-state index contributed by atoms with van der Waals surface area (Å²) in [5, 5.41) is 7.47. The van der Waals surface area contributed by atoms with Gasteiger partial charge in [-0.1, -0.05) is 5.16 Å². The molecule has 2 aliphatic heterocycles. The van der Waals surface area contributed by atoms with Gasteiger partial charge in [0, 0.05) is 18.6 Å². The molecule has 19 heavy (non-hydrogen) atoms. The van der Waals surface area contributed by atoms with Crippen LogP contribution in [-0.4, -0.2) is 54.4 Å². The molecule has 1 N–H and O–H groups in total. The summed E-state index contributed by atoms with van der Waals surface area (Å²) in [5.74, 6) is 1.86. The molecule has 1 atom stereocenters. The molecule has 6 heteroatoms. The first kappa shape index (κ1) is 13.0. The number of rotatable bonds is 4. The van der Waals surface area contributed by atoms with E-state index in [4.69, 9.17) is 9.26 Å². The van der Waals surface area contributed by atoms with E-state index in [-0.39, 0.29) is 0 Å². The number of nitrogens with zero attached hydrogens (tertiary/aromatic N) is 3. The smallest absolute Gasteiger partial charge is 0.240 e. The van der Waals surface area contributed by atoms with Crippen molar-refractivity contribution in [2.24, 2.45) is 0 Å². The molecular weight excluding hydrogens is 244 g/mol. The van der Waals surface area contributed by atoms with Crippen LogP contribution in [0.1, 0.15) is 36.9 Å². The normalized spacial score (nSPS) is 25.3. The predicted molar refractivity (Wildman–Crippen MR) is 69.8 cm³/mol. The standard InChI is InChI=1S/C13H22N4O2/c1-17(11-2-5-14-6-3-11)8-12-15-13(16-19-12)10-4-7-18-9-10/h10-11,14H,2-9H2,1H3. The molecular formula is C13H22N4O2. The zero-order chi connectivity index (χ0) is 13.1. The average molecular weight is 266 g/mol. The van der Waals surface area contributed by atoms with Gasteiger partial charge in [-0.3, -0.25) is 4.90 Å². The maximum absolute atomic E-state index is 5.36. The summed E-state index contributed by atoms with van der Waals surface area (Å²) in [6.07, 6.45) is 3.38. The third-order valence-corrected chi connectivity index (χ3v) is 4.10. The molecule has 1 aromatic heterocycles. The minimum absolute atomic E-state index is 0.321. The Hall–Kier alpha value is -0.980. The molecule has 0 bridgehead atoms. The van der Waals surface area contributed by atoms with Crippen LogP contribution in [0.2, 0.25) is 0 Å². The van der Waals surface area contributed by atoms with Crippen LogP contribution in [0.15, 0.2) is 4.52 Å².